The highest BCUT2D eigenvalue weighted by Crippen LogP contribution is 2.06. The third-order valence-electron chi connectivity index (χ3n) is 1.70. The molecular weight excluding hydrogens is 204 g/mol. The Bertz CT molecular complexity index is 267. The van der Waals surface area contributed by atoms with Crippen LogP contribution >= 0.6 is 11.6 Å². The molecule has 0 aliphatic carbocycles. The van der Waals surface area contributed by atoms with Gasteiger partial charge in [-0.15, -0.1) is 11.6 Å². The van der Waals surface area contributed by atoms with Crippen molar-refractivity contribution in [3.8, 4) is 0 Å². The number of ether oxygens (including phenoxy) is 1. The van der Waals surface area contributed by atoms with E-state index in [1.807, 2.05) is 6.92 Å². The van der Waals surface area contributed by atoms with Crippen LogP contribution < -0.4 is 0 Å². The lowest BCUT2D eigenvalue weighted by molar-refractivity contribution is 0.0462. The Morgan fingerprint density at radius 1 is 1.71 bits per heavy atom. The van der Waals surface area contributed by atoms with Crippen LogP contribution in [0.15, 0.2) is 22.8 Å². The van der Waals surface area contributed by atoms with E-state index in [4.69, 9.17) is 20.8 Å². The summed E-state index contributed by atoms with van der Waals surface area (Å²) in [6, 6.07) is 3.23. The lowest BCUT2D eigenvalue weighted by Gasteiger charge is -2.03. The predicted octanol–water partition coefficient (Wildman–Crippen LogP) is 2.84. The number of carbonyl (C=O) groups excluding carboxylic acids is 1. The van der Waals surface area contributed by atoms with Crippen LogP contribution in [-0.2, 0) is 4.74 Å². The quantitative estimate of drug-likeness (QED) is 0.432. The van der Waals surface area contributed by atoms with Crippen molar-refractivity contribution < 1.29 is 13.9 Å². The largest absolute Gasteiger partial charge is 0.460 e. The van der Waals surface area contributed by atoms with E-state index in [0.717, 1.165) is 12.8 Å². The zero-order valence-corrected chi connectivity index (χ0v) is 8.79. The summed E-state index contributed by atoms with van der Waals surface area (Å²) in [5, 5.41) is 0.123. The number of hydrogen-bond acceptors (Lipinski definition) is 3. The van der Waals surface area contributed by atoms with Crippen molar-refractivity contribution in [1.82, 2.24) is 0 Å². The second-order valence-electron chi connectivity index (χ2n) is 3.04. The molecule has 0 bridgehead atoms. The molecular formula is C10H13ClO3. The highest BCUT2D eigenvalue weighted by molar-refractivity contribution is 6.20. The first kappa shape index (κ1) is 11.1. The van der Waals surface area contributed by atoms with Crippen LogP contribution in [0.4, 0.5) is 0 Å². The third-order valence-corrected chi connectivity index (χ3v) is 1.92. The van der Waals surface area contributed by atoms with Crippen molar-refractivity contribution in [2.24, 2.45) is 0 Å². The molecule has 1 aromatic rings. The van der Waals surface area contributed by atoms with Gasteiger partial charge in [-0.25, -0.2) is 4.79 Å². The Morgan fingerprint density at radius 3 is 3.07 bits per heavy atom. The van der Waals surface area contributed by atoms with Crippen LogP contribution in [0.1, 0.15) is 30.3 Å². The Morgan fingerprint density at radius 2 is 2.50 bits per heavy atom. The van der Waals surface area contributed by atoms with Crippen molar-refractivity contribution in [3.05, 3.63) is 24.2 Å². The summed E-state index contributed by atoms with van der Waals surface area (Å²) >= 11 is 5.73. The van der Waals surface area contributed by atoms with Crippen LogP contribution in [0, 0.1) is 0 Å². The number of halogens is 1. The molecule has 0 fully saturated rings. The Balaban J connectivity index is 2.16. The van der Waals surface area contributed by atoms with E-state index in [0.29, 0.717) is 6.61 Å². The minimum Gasteiger partial charge on any atom is -0.460 e. The molecule has 1 atom stereocenters. The molecule has 1 aromatic heterocycles. The van der Waals surface area contributed by atoms with E-state index in [2.05, 4.69) is 0 Å². The number of hydrogen-bond donors (Lipinski definition) is 0. The lowest BCUT2D eigenvalue weighted by atomic mass is 10.2. The Labute approximate surface area is 88.0 Å². The van der Waals surface area contributed by atoms with Crippen molar-refractivity contribution in [2.45, 2.75) is 25.1 Å². The smallest absolute Gasteiger partial charge is 0.374 e. The maximum atomic E-state index is 11.2. The fourth-order valence-corrected chi connectivity index (χ4v) is 1.15. The normalized spacial score (nSPS) is 12.4. The van der Waals surface area contributed by atoms with E-state index < -0.39 is 5.97 Å². The molecule has 0 spiro atoms. The molecule has 4 heteroatoms. The molecule has 1 heterocycles. The molecule has 0 saturated carbocycles. The van der Waals surface area contributed by atoms with E-state index in [1.54, 1.807) is 12.1 Å². The van der Waals surface area contributed by atoms with Crippen LogP contribution in [0.3, 0.4) is 0 Å². The van der Waals surface area contributed by atoms with Crippen LogP contribution in [0.5, 0.6) is 0 Å². The molecule has 0 N–H and O–H groups in total. The number of carbonyl (C=O) groups is 1. The molecule has 0 aliphatic heterocycles. The van der Waals surface area contributed by atoms with Crippen LogP contribution in [-0.4, -0.2) is 18.0 Å². The van der Waals surface area contributed by atoms with Crippen molar-refractivity contribution >= 4 is 17.6 Å². The van der Waals surface area contributed by atoms with E-state index in [-0.39, 0.29) is 11.1 Å². The summed E-state index contributed by atoms with van der Waals surface area (Å²) in [5.41, 5.74) is 0. The topological polar surface area (TPSA) is 39.4 Å². The van der Waals surface area contributed by atoms with Gasteiger partial charge in [-0.2, -0.15) is 0 Å². The number of esters is 1. The number of rotatable bonds is 5. The minimum atomic E-state index is -0.419. The molecule has 0 aliphatic rings. The van der Waals surface area contributed by atoms with Gasteiger partial charge in [-0.05, 0) is 31.9 Å². The molecule has 3 nitrogen and oxygen atoms in total. The van der Waals surface area contributed by atoms with Crippen molar-refractivity contribution in [2.75, 3.05) is 6.61 Å². The van der Waals surface area contributed by atoms with Gasteiger partial charge >= 0.3 is 5.97 Å². The van der Waals surface area contributed by atoms with Gasteiger partial charge in [0.05, 0.1) is 12.9 Å². The van der Waals surface area contributed by atoms with Gasteiger partial charge in [-0.1, -0.05) is 0 Å². The fourth-order valence-electron chi connectivity index (χ4n) is 0.995. The van der Waals surface area contributed by atoms with Crippen LogP contribution in [0.2, 0.25) is 0 Å². The summed E-state index contributed by atoms with van der Waals surface area (Å²) in [5.74, 6) is -0.179. The highest BCUT2D eigenvalue weighted by atomic mass is 35.5. The Hall–Kier alpha value is -0.960. The van der Waals surface area contributed by atoms with E-state index in [1.165, 1.54) is 6.26 Å². The molecule has 0 amide bonds. The Kier molecular flexibility index (Phi) is 4.53. The number of alkyl halides is 1. The number of furan rings is 1. The standard InChI is InChI=1S/C10H13ClO3/c1-8(11)4-2-7-14-10(12)9-5-3-6-13-9/h3,5-6,8H,2,4,7H2,1H3. The summed E-state index contributed by atoms with van der Waals surface area (Å²) in [4.78, 5) is 11.2. The molecule has 78 valence electrons. The fraction of sp³-hybridized carbons (Fsp3) is 0.500. The van der Waals surface area contributed by atoms with Crippen LogP contribution in [0.25, 0.3) is 0 Å². The molecule has 1 rings (SSSR count). The monoisotopic (exact) mass is 216 g/mol. The molecule has 0 radical (unpaired) electrons. The van der Waals surface area contributed by atoms with Gasteiger partial charge in [0.2, 0.25) is 5.76 Å². The highest BCUT2D eigenvalue weighted by Gasteiger charge is 2.09. The average Bonchev–Trinajstić information content (AvgIpc) is 2.64. The van der Waals surface area contributed by atoms with E-state index in [9.17, 15) is 4.79 Å². The first-order chi connectivity index (χ1) is 6.70. The third kappa shape index (κ3) is 3.83. The summed E-state index contributed by atoms with van der Waals surface area (Å²) in [6.07, 6.45) is 3.06. The zero-order valence-electron chi connectivity index (χ0n) is 8.03. The maximum Gasteiger partial charge on any atom is 0.374 e. The second-order valence-corrected chi connectivity index (χ2v) is 3.78. The molecule has 1 unspecified atom stereocenters. The van der Waals surface area contributed by atoms with Crippen molar-refractivity contribution in [3.63, 3.8) is 0 Å². The van der Waals surface area contributed by atoms with Gasteiger partial charge in [0, 0.05) is 5.38 Å². The summed E-state index contributed by atoms with van der Waals surface area (Å²) < 4.78 is 9.82. The molecule has 14 heavy (non-hydrogen) atoms. The van der Waals surface area contributed by atoms with E-state index >= 15 is 0 Å². The summed E-state index contributed by atoms with van der Waals surface area (Å²) in [7, 11) is 0. The minimum absolute atomic E-state index is 0.123. The van der Waals surface area contributed by atoms with Crippen molar-refractivity contribution in [1.29, 1.82) is 0 Å². The van der Waals surface area contributed by atoms with Gasteiger partial charge in [0.25, 0.3) is 0 Å². The first-order valence-corrected chi connectivity index (χ1v) is 4.98. The first-order valence-electron chi connectivity index (χ1n) is 4.55. The average molecular weight is 217 g/mol. The SMILES string of the molecule is CC(Cl)CCCOC(=O)c1ccco1. The second kappa shape index (κ2) is 5.70. The maximum absolute atomic E-state index is 11.2. The lowest BCUT2D eigenvalue weighted by Crippen LogP contribution is -2.06. The predicted molar refractivity (Wildman–Crippen MR) is 53.5 cm³/mol. The molecule has 0 aromatic carbocycles. The van der Waals surface area contributed by atoms with Gasteiger partial charge in [0.15, 0.2) is 0 Å². The van der Waals surface area contributed by atoms with Gasteiger partial charge < -0.3 is 9.15 Å². The zero-order chi connectivity index (χ0) is 10.4. The molecule has 0 saturated heterocycles. The van der Waals surface area contributed by atoms with Gasteiger partial charge in [-0.3, -0.25) is 0 Å². The van der Waals surface area contributed by atoms with Gasteiger partial charge in [0.1, 0.15) is 0 Å². The summed E-state index contributed by atoms with van der Waals surface area (Å²) in [6.45, 7) is 2.30.